The maximum absolute atomic E-state index is 13.6. The normalized spacial score (nSPS) is 16.0. The van der Waals surface area contributed by atoms with Crippen LogP contribution in [0.2, 0.25) is 0 Å². The van der Waals surface area contributed by atoms with Crippen molar-refractivity contribution < 1.29 is 19.1 Å². The van der Waals surface area contributed by atoms with Gasteiger partial charge in [0.2, 0.25) is 6.79 Å². The number of dihydropyridines is 1. The number of carbonyl (C=O) groups excluding carboxylic acids is 2. The quantitative estimate of drug-likeness (QED) is 0.374. The van der Waals surface area contributed by atoms with E-state index in [0.29, 0.717) is 39.2 Å². The molecule has 1 atom stereocenters. The number of benzene rings is 3. The fourth-order valence-corrected chi connectivity index (χ4v) is 5.22. The first kappa shape index (κ1) is 25.0. The lowest BCUT2D eigenvalue weighted by molar-refractivity contribution is -0.113. The van der Waals surface area contributed by atoms with Crippen molar-refractivity contribution in [1.29, 1.82) is 5.26 Å². The smallest absolute Gasteiger partial charge is 0.289 e. The maximum atomic E-state index is 13.6. The van der Waals surface area contributed by atoms with Crippen LogP contribution in [0, 0.1) is 18.3 Å². The van der Waals surface area contributed by atoms with Gasteiger partial charge in [-0.05, 0) is 54.9 Å². The molecule has 0 saturated heterocycles. The summed E-state index contributed by atoms with van der Waals surface area (Å²) < 4.78 is 10.7. The summed E-state index contributed by atoms with van der Waals surface area (Å²) in [6, 6.07) is 24.2. The Kier molecular flexibility index (Phi) is 7.07. The van der Waals surface area contributed by atoms with Crippen LogP contribution in [0.15, 0.2) is 94.7 Å². The van der Waals surface area contributed by atoms with Crippen molar-refractivity contribution in [2.45, 2.75) is 19.8 Å². The van der Waals surface area contributed by atoms with Crippen LogP contribution in [-0.4, -0.2) is 17.9 Å². The maximum Gasteiger partial charge on any atom is 0.289 e. The van der Waals surface area contributed by atoms with E-state index in [2.05, 4.69) is 22.0 Å². The Balaban J connectivity index is 1.45. The van der Waals surface area contributed by atoms with E-state index in [1.165, 1.54) is 0 Å². The van der Waals surface area contributed by atoms with Gasteiger partial charge in [0.25, 0.3) is 11.1 Å². The lowest BCUT2D eigenvalue weighted by Gasteiger charge is -2.29. The van der Waals surface area contributed by atoms with E-state index in [1.54, 1.807) is 25.1 Å². The van der Waals surface area contributed by atoms with Crippen LogP contribution in [0.5, 0.6) is 11.5 Å². The van der Waals surface area contributed by atoms with E-state index in [9.17, 15) is 14.9 Å². The molecule has 3 aromatic rings. The number of nitrogens with one attached hydrogen (secondary N) is 3. The zero-order valence-corrected chi connectivity index (χ0v) is 21.5. The van der Waals surface area contributed by atoms with Crippen molar-refractivity contribution in [2.24, 2.45) is 0 Å². The highest BCUT2D eigenvalue weighted by molar-refractivity contribution is 8.17. The van der Waals surface area contributed by atoms with Gasteiger partial charge in [0.05, 0.1) is 22.6 Å². The molecule has 0 spiro atoms. The summed E-state index contributed by atoms with van der Waals surface area (Å²) >= 11 is 0.862. The lowest BCUT2D eigenvalue weighted by Crippen LogP contribution is -2.31. The van der Waals surface area contributed by atoms with Gasteiger partial charge < -0.3 is 25.4 Å². The Morgan fingerprint density at radius 3 is 2.47 bits per heavy atom. The van der Waals surface area contributed by atoms with Gasteiger partial charge in [0.1, 0.15) is 0 Å². The summed E-state index contributed by atoms with van der Waals surface area (Å²) in [5, 5.41) is 19.2. The van der Waals surface area contributed by atoms with Gasteiger partial charge in [-0.2, -0.15) is 5.26 Å². The minimum Gasteiger partial charge on any atom is -0.454 e. The first-order valence-corrected chi connectivity index (χ1v) is 12.7. The number of thioether (sulfide) groups is 1. The fourth-order valence-electron chi connectivity index (χ4n) is 4.39. The number of allylic oxidation sites excluding steroid dienone is 2. The highest BCUT2D eigenvalue weighted by Gasteiger charge is 2.35. The summed E-state index contributed by atoms with van der Waals surface area (Å²) in [7, 11) is 0. The molecule has 2 aliphatic rings. The molecular weight excluding hydrogens is 500 g/mol. The number of aryl methyl sites for hydroxylation is 1. The molecule has 8 nitrogen and oxygen atoms in total. The molecule has 0 bridgehead atoms. The third-order valence-electron chi connectivity index (χ3n) is 6.23. The number of hydrogen-bond acceptors (Lipinski definition) is 7. The second kappa shape index (κ2) is 10.7. The fraction of sp³-hybridized carbons (Fsp3) is 0.138. The van der Waals surface area contributed by atoms with E-state index in [-0.39, 0.29) is 18.3 Å². The molecule has 0 saturated carbocycles. The van der Waals surface area contributed by atoms with E-state index >= 15 is 0 Å². The third kappa shape index (κ3) is 5.08. The van der Waals surface area contributed by atoms with E-state index in [1.807, 2.05) is 61.5 Å². The van der Waals surface area contributed by atoms with Gasteiger partial charge >= 0.3 is 0 Å². The molecular formula is C29H24N4O4S. The number of hydrogen-bond donors (Lipinski definition) is 3. The average molecular weight is 525 g/mol. The van der Waals surface area contributed by atoms with Crippen molar-refractivity contribution in [3.63, 3.8) is 0 Å². The number of nitrogens with zero attached hydrogens (tertiary/aromatic N) is 1. The number of anilines is 2. The molecule has 38 heavy (non-hydrogen) atoms. The van der Waals surface area contributed by atoms with Crippen molar-refractivity contribution >= 4 is 34.3 Å². The van der Waals surface area contributed by atoms with Crippen LogP contribution >= 0.6 is 11.8 Å². The van der Waals surface area contributed by atoms with Crippen LogP contribution in [-0.2, 0) is 4.79 Å². The summed E-state index contributed by atoms with van der Waals surface area (Å²) in [5.74, 6) is 0.182. The minimum atomic E-state index is -0.660. The number of ether oxygens (including phenoxy) is 2. The standard InChI is InChI=1S/C29H24N4O4S/c1-17-8-6-7-11-22(17)33-27(34)25-18(2)31-28(21(15-30)26(25)19-9-4-3-5-10-19)38-29(35)32-20-12-13-23-24(14-20)37-16-36-23/h3-14,26,31H,16H2,1-2H3,(H,32,35)(H,33,34). The molecule has 0 aromatic heterocycles. The van der Waals surface area contributed by atoms with Gasteiger partial charge in [-0.25, -0.2) is 0 Å². The number of carbonyl (C=O) groups is 2. The second-order valence-corrected chi connectivity index (χ2v) is 9.70. The highest BCUT2D eigenvalue weighted by Crippen LogP contribution is 2.41. The molecule has 0 aliphatic carbocycles. The lowest BCUT2D eigenvalue weighted by atomic mass is 9.82. The molecule has 3 N–H and O–H groups in total. The van der Waals surface area contributed by atoms with Gasteiger partial charge in [-0.1, -0.05) is 48.5 Å². The Labute approximate surface area is 224 Å². The number of fused-ring (bicyclic) bond motifs is 1. The predicted molar refractivity (Wildman–Crippen MR) is 147 cm³/mol. The van der Waals surface area contributed by atoms with Gasteiger partial charge in [0.15, 0.2) is 11.5 Å². The number of amides is 2. The second-order valence-electron chi connectivity index (χ2n) is 8.71. The molecule has 2 amide bonds. The largest absolute Gasteiger partial charge is 0.454 e. The summed E-state index contributed by atoms with van der Waals surface area (Å²) in [6.07, 6.45) is 0. The van der Waals surface area contributed by atoms with Gasteiger partial charge in [-0.3, -0.25) is 9.59 Å². The molecule has 0 fully saturated rings. The van der Waals surface area contributed by atoms with E-state index < -0.39 is 11.2 Å². The molecule has 3 aromatic carbocycles. The minimum absolute atomic E-state index is 0.135. The Morgan fingerprint density at radius 1 is 0.974 bits per heavy atom. The highest BCUT2D eigenvalue weighted by atomic mass is 32.2. The molecule has 190 valence electrons. The summed E-state index contributed by atoms with van der Waals surface area (Å²) in [4.78, 5) is 26.6. The number of nitriles is 1. The SMILES string of the molecule is CC1=C(C(=O)Nc2ccccc2C)C(c2ccccc2)C(C#N)=C(SC(=O)Nc2ccc3c(c2)OCO3)N1. The summed E-state index contributed by atoms with van der Waals surface area (Å²) in [5.41, 5.74) is 4.17. The van der Waals surface area contributed by atoms with Crippen molar-refractivity contribution in [3.8, 4) is 17.6 Å². The molecule has 9 heteroatoms. The van der Waals surface area contributed by atoms with Gasteiger partial charge in [-0.15, -0.1) is 0 Å². The Morgan fingerprint density at radius 2 is 1.71 bits per heavy atom. The van der Waals surface area contributed by atoms with Crippen LogP contribution < -0.4 is 25.4 Å². The third-order valence-corrected chi connectivity index (χ3v) is 7.05. The molecule has 5 rings (SSSR count). The number of para-hydroxylation sites is 1. The average Bonchev–Trinajstić information content (AvgIpc) is 3.38. The zero-order chi connectivity index (χ0) is 26.6. The van der Waals surface area contributed by atoms with E-state index in [4.69, 9.17) is 9.47 Å². The van der Waals surface area contributed by atoms with Crippen molar-refractivity contribution in [2.75, 3.05) is 17.4 Å². The van der Waals surface area contributed by atoms with Crippen molar-refractivity contribution in [1.82, 2.24) is 5.32 Å². The Hall–Kier alpha value is -4.68. The zero-order valence-electron chi connectivity index (χ0n) is 20.7. The summed E-state index contributed by atoms with van der Waals surface area (Å²) in [6.45, 7) is 3.82. The predicted octanol–water partition coefficient (Wildman–Crippen LogP) is 6.02. The monoisotopic (exact) mass is 524 g/mol. The van der Waals surface area contributed by atoms with Gasteiger partial charge in [0, 0.05) is 28.7 Å². The van der Waals surface area contributed by atoms with Crippen LogP contribution in [0.3, 0.4) is 0 Å². The van der Waals surface area contributed by atoms with Crippen LogP contribution in [0.1, 0.15) is 24.0 Å². The van der Waals surface area contributed by atoms with Crippen molar-refractivity contribution in [3.05, 3.63) is 106 Å². The molecule has 2 aliphatic heterocycles. The first-order chi connectivity index (χ1) is 18.4. The molecule has 1 unspecified atom stereocenters. The molecule has 0 radical (unpaired) electrons. The first-order valence-electron chi connectivity index (χ1n) is 11.9. The topological polar surface area (TPSA) is 112 Å². The van der Waals surface area contributed by atoms with E-state index in [0.717, 1.165) is 22.9 Å². The number of rotatable bonds is 5. The van der Waals surface area contributed by atoms with Crippen LogP contribution in [0.4, 0.5) is 16.2 Å². The molecule has 2 heterocycles. The van der Waals surface area contributed by atoms with Crippen LogP contribution in [0.25, 0.3) is 0 Å². The Bertz CT molecular complexity index is 1530.